The minimum Gasteiger partial charge on any atom is -0.478 e. The highest BCUT2D eigenvalue weighted by Crippen LogP contribution is 2.35. The van der Waals surface area contributed by atoms with Gasteiger partial charge in [0, 0.05) is 15.8 Å². The van der Waals surface area contributed by atoms with Crippen LogP contribution in [-0.4, -0.2) is 30.1 Å². The van der Waals surface area contributed by atoms with Gasteiger partial charge in [-0.15, -0.1) is 11.3 Å². The number of ether oxygens (including phenoxy) is 1. The van der Waals surface area contributed by atoms with Crippen molar-refractivity contribution < 1.29 is 24.2 Å². The Morgan fingerprint density at radius 3 is 2.46 bits per heavy atom. The smallest absolute Gasteiger partial charge is 0.337 e. The molecule has 0 atom stereocenters. The number of carboxylic acids is 1. The molecule has 3 aromatic rings. The number of nitrogens with one attached hydrogen (secondary N) is 1. The van der Waals surface area contributed by atoms with E-state index < -0.39 is 17.8 Å². The van der Waals surface area contributed by atoms with Crippen LogP contribution < -0.4 is 5.32 Å². The van der Waals surface area contributed by atoms with E-state index in [1.807, 2.05) is 24.3 Å². The number of amides is 1. The number of rotatable bonds is 4. The van der Waals surface area contributed by atoms with Crippen LogP contribution in [0.3, 0.4) is 0 Å². The van der Waals surface area contributed by atoms with Gasteiger partial charge >= 0.3 is 11.9 Å². The quantitative estimate of drug-likeness (QED) is 0.649. The van der Waals surface area contributed by atoms with Crippen LogP contribution >= 0.6 is 22.9 Å². The van der Waals surface area contributed by atoms with E-state index in [2.05, 4.69) is 10.1 Å². The highest BCUT2D eigenvalue weighted by molar-refractivity contribution is 7.21. The Balaban J connectivity index is 1.97. The summed E-state index contributed by atoms with van der Waals surface area (Å²) in [6.45, 7) is 0. The molecule has 2 aromatic carbocycles. The second kappa shape index (κ2) is 7.15. The van der Waals surface area contributed by atoms with Gasteiger partial charge in [0.05, 0.1) is 23.3 Å². The standard InChI is InChI=1S/C18H12ClNO5S/c1-25-18(24)10-6-9(17(22)23)7-11(8-10)20-16(21)15-14(19)12-4-2-3-5-13(12)26-15/h2-8H,1H3,(H,20,21)(H,22,23). The number of halogens is 1. The van der Waals surface area contributed by atoms with Gasteiger partial charge in [0.25, 0.3) is 5.91 Å². The van der Waals surface area contributed by atoms with Crippen molar-refractivity contribution in [3.63, 3.8) is 0 Å². The molecule has 1 aromatic heterocycles. The van der Waals surface area contributed by atoms with Crippen LogP contribution in [0.1, 0.15) is 30.4 Å². The Bertz CT molecular complexity index is 1040. The molecule has 3 rings (SSSR count). The van der Waals surface area contributed by atoms with Crippen molar-refractivity contribution in [2.24, 2.45) is 0 Å². The van der Waals surface area contributed by atoms with E-state index in [0.717, 1.165) is 10.1 Å². The molecule has 1 amide bonds. The molecule has 0 unspecified atom stereocenters. The van der Waals surface area contributed by atoms with Crippen LogP contribution in [0.5, 0.6) is 0 Å². The Hall–Kier alpha value is -2.90. The summed E-state index contributed by atoms with van der Waals surface area (Å²) in [5.74, 6) is -2.43. The van der Waals surface area contributed by atoms with E-state index in [9.17, 15) is 19.5 Å². The van der Waals surface area contributed by atoms with Crippen molar-refractivity contribution in [2.75, 3.05) is 12.4 Å². The minimum absolute atomic E-state index is 0.0186. The summed E-state index contributed by atoms with van der Waals surface area (Å²) in [6.07, 6.45) is 0. The van der Waals surface area contributed by atoms with E-state index in [4.69, 9.17) is 11.6 Å². The maximum atomic E-state index is 12.6. The number of carbonyl (C=O) groups excluding carboxylic acids is 2. The summed E-state index contributed by atoms with van der Waals surface area (Å²) in [7, 11) is 1.19. The zero-order chi connectivity index (χ0) is 18.8. The molecule has 0 fully saturated rings. The van der Waals surface area contributed by atoms with Crippen LogP contribution in [0.15, 0.2) is 42.5 Å². The topological polar surface area (TPSA) is 92.7 Å². The van der Waals surface area contributed by atoms with Crippen molar-refractivity contribution in [1.29, 1.82) is 0 Å². The predicted molar refractivity (Wildman–Crippen MR) is 99.5 cm³/mol. The normalized spacial score (nSPS) is 10.5. The number of fused-ring (bicyclic) bond motifs is 1. The van der Waals surface area contributed by atoms with Crippen LogP contribution in [0.4, 0.5) is 5.69 Å². The lowest BCUT2D eigenvalue weighted by Gasteiger charge is -2.08. The molecule has 26 heavy (non-hydrogen) atoms. The number of esters is 1. The lowest BCUT2D eigenvalue weighted by atomic mass is 10.1. The molecule has 132 valence electrons. The molecule has 0 aliphatic heterocycles. The molecular formula is C18H12ClNO5S. The third-order valence-electron chi connectivity index (χ3n) is 3.60. The van der Waals surface area contributed by atoms with Gasteiger partial charge in [-0.1, -0.05) is 29.8 Å². The molecule has 0 radical (unpaired) electrons. The van der Waals surface area contributed by atoms with Gasteiger partial charge in [0.1, 0.15) is 4.88 Å². The monoisotopic (exact) mass is 389 g/mol. The first-order valence-electron chi connectivity index (χ1n) is 7.35. The fraction of sp³-hybridized carbons (Fsp3) is 0.0556. The first-order chi connectivity index (χ1) is 12.4. The molecule has 1 heterocycles. The van der Waals surface area contributed by atoms with E-state index in [1.165, 1.54) is 36.6 Å². The van der Waals surface area contributed by atoms with E-state index in [1.54, 1.807) is 0 Å². The summed E-state index contributed by atoms with van der Waals surface area (Å²) >= 11 is 7.51. The minimum atomic E-state index is -1.23. The fourth-order valence-corrected chi connectivity index (χ4v) is 3.82. The van der Waals surface area contributed by atoms with Crippen LogP contribution in [-0.2, 0) is 4.74 Å². The second-order valence-corrected chi connectivity index (χ2v) is 6.72. The maximum Gasteiger partial charge on any atom is 0.337 e. The zero-order valence-electron chi connectivity index (χ0n) is 13.4. The first kappa shape index (κ1) is 17.9. The largest absolute Gasteiger partial charge is 0.478 e. The van der Waals surface area contributed by atoms with Crippen LogP contribution in [0, 0.1) is 0 Å². The molecule has 0 bridgehead atoms. The molecule has 0 saturated heterocycles. The number of methoxy groups -OCH3 is 1. The number of aromatic carboxylic acids is 1. The van der Waals surface area contributed by atoms with Gasteiger partial charge in [-0.2, -0.15) is 0 Å². The summed E-state index contributed by atoms with van der Waals surface area (Å²) in [5.41, 5.74) is 0.0274. The summed E-state index contributed by atoms with van der Waals surface area (Å²) in [6, 6.07) is 11.1. The van der Waals surface area contributed by atoms with E-state index in [-0.39, 0.29) is 16.8 Å². The summed E-state index contributed by atoms with van der Waals surface area (Å²) in [5, 5.41) is 12.9. The van der Waals surface area contributed by atoms with Gasteiger partial charge < -0.3 is 15.2 Å². The van der Waals surface area contributed by atoms with Crippen molar-refractivity contribution >= 4 is 56.6 Å². The maximum absolute atomic E-state index is 12.6. The molecule has 0 spiro atoms. The van der Waals surface area contributed by atoms with Crippen molar-refractivity contribution in [1.82, 2.24) is 0 Å². The van der Waals surface area contributed by atoms with Crippen molar-refractivity contribution in [3.8, 4) is 0 Å². The molecule has 0 saturated carbocycles. The molecule has 0 aliphatic carbocycles. The number of hydrogen-bond acceptors (Lipinski definition) is 5. The van der Waals surface area contributed by atoms with Gasteiger partial charge in [-0.25, -0.2) is 9.59 Å². The Morgan fingerprint density at radius 2 is 1.81 bits per heavy atom. The van der Waals surface area contributed by atoms with Crippen LogP contribution in [0.2, 0.25) is 5.02 Å². The van der Waals surface area contributed by atoms with Crippen LogP contribution in [0.25, 0.3) is 10.1 Å². The SMILES string of the molecule is COC(=O)c1cc(NC(=O)c2sc3ccccc3c2Cl)cc(C(=O)O)c1. The molecule has 0 aliphatic rings. The van der Waals surface area contributed by atoms with Crippen molar-refractivity contribution in [2.45, 2.75) is 0 Å². The number of anilines is 1. The second-order valence-electron chi connectivity index (χ2n) is 5.29. The van der Waals surface area contributed by atoms with Gasteiger partial charge in [0.2, 0.25) is 0 Å². The number of hydrogen-bond donors (Lipinski definition) is 2. The number of carboxylic acid groups (broad SMARTS) is 1. The Kier molecular flexibility index (Phi) is 4.92. The van der Waals surface area contributed by atoms with Gasteiger partial charge in [-0.05, 0) is 24.3 Å². The number of carbonyl (C=O) groups is 3. The zero-order valence-corrected chi connectivity index (χ0v) is 15.0. The lowest BCUT2D eigenvalue weighted by Crippen LogP contribution is -2.13. The summed E-state index contributed by atoms with van der Waals surface area (Å²) in [4.78, 5) is 35.9. The van der Waals surface area contributed by atoms with Crippen molar-refractivity contribution in [3.05, 3.63) is 63.5 Å². The Morgan fingerprint density at radius 1 is 1.12 bits per heavy atom. The van der Waals surface area contributed by atoms with Gasteiger partial charge in [0.15, 0.2) is 0 Å². The number of thiophene rings is 1. The molecule has 6 nitrogen and oxygen atoms in total. The molecule has 2 N–H and O–H groups in total. The number of benzene rings is 2. The molecule has 8 heteroatoms. The Labute approximate surface area is 157 Å². The van der Waals surface area contributed by atoms with E-state index in [0.29, 0.717) is 9.90 Å². The fourth-order valence-electron chi connectivity index (χ4n) is 2.41. The highest BCUT2D eigenvalue weighted by Gasteiger charge is 2.19. The lowest BCUT2D eigenvalue weighted by molar-refractivity contribution is 0.0600. The third kappa shape index (κ3) is 3.40. The predicted octanol–water partition coefficient (Wildman–Crippen LogP) is 4.29. The van der Waals surface area contributed by atoms with Gasteiger partial charge in [-0.3, -0.25) is 4.79 Å². The molecular weight excluding hydrogens is 378 g/mol. The highest BCUT2D eigenvalue weighted by atomic mass is 35.5. The average Bonchev–Trinajstić information content (AvgIpc) is 2.98. The average molecular weight is 390 g/mol. The summed E-state index contributed by atoms with van der Waals surface area (Å²) < 4.78 is 5.47. The third-order valence-corrected chi connectivity index (χ3v) is 5.27. The van der Waals surface area contributed by atoms with E-state index >= 15 is 0 Å². The first-order valence-corrected chi connectivity index (χ1v) is 8.55.